The van der Waals surface area contributed by atoms with Crippen LogP contribution in [0.2, 0.25) is 0 Å². The van der Waals surface area contributed by atoms with E-state index in [1.54, 1.807) is 23.9 Å². The summed E-state index contributed by atoms with van der Waals surface area (Å²) in [6.45, 7) is -0.655. The number of aliphatic hydroxyl groups excluding tert-OH is 1. The third-order valence-electron chi connectivity index (χ3n) is 2.11. The van der Waals surface area contributed by atoms with Crippen molar-refractivity contribution >= 4 is 11.8 Å². The molecule has 5 heteroatoms. The number of rotatable bonds is 7. The largest absolute Gasteiger partial charge is 0.435 e. The van der Waals surface area contributed by atoms with E-state index < -0.39 is 6.61 Å². The highest BCUT2D eigenvalue weighted by atomic mass is 32.2. The molecule has 0 saturated carbocycles. The fourth-order valence-corrected chi connectivity index (χ4v) is 2.28. The van der Waals surface area contributed by atoms with Crippen molar-refractivity contribution < 1.29 is 18.6 Å². The summed E-state index contributed by atoms with van der Waals surface area (Å²) in [6.07, 6.45) is 0. The molecule has 0 fully saturated rings. The van der Waals surface area contributed by atoms with E-state index in [1.807, 2.05) is 13.0 Å². The minimum atomic E-state index is -2.78. The highest BCUT2D eigenvalue weighted by Gasteiger charge is 2.05. The minimum Gasteiger partial charge on any atom is -0.435 e. The van der Waals surface area contributed by atoms with Crippen LogP contribution in [0.15, 0.2) is 24.3 Å². The maximum atomic E-state index is 12.0. The highest BCUT2D eigenvalue weighted by molar-refractivity contribution is 7.98. The number of hydrogen-bond acceptors (Lipinski definition) is 3. The third kappa shape index (κ3) is 5.89. The summed E-state index contributed by atoms with van der Waals surface area (Å²) in [4.78, 5) is 0. The molecule has 1 rings (SSSR count). The number of ether oxygens (including phenoxy) is 1. The van der Waals surface area contributed by atoms with Crippen molar-refractivity contribution in [3.63, 3.8) is 0 Å². The van der Waals surface area contributed by atoms with Crippen LogP contribution < -0.4 is 4.74 Å². The van der Waals surface area contributed by atoms with Crippen molar-refractivity contribution in [3.8, 4) is 5.75 Å². The molecule has 0 aliphatic rings. The predicted octanol–water partition coefficient (Wildman–Crippen LogP) is 3.15. The summed E-state index contributed by atoms with van der Waals surface area (Å²) in [6, 6.07) is 6.69. The van der Waals surface area contributed by atoms with Crippen LogP contribution in [0, 0.1) is 5.92 Å². The molecule has 1 N–H and O–H groups in total. The normalized spacial score (nSPS) is 12.8. The van der Waals surface area contributed by atoms with E-state index in [4.69, 9.17) is 5.11 Å². The van der Waals surface area contributed by atoms with E-state index >= 15 is 0 Å². The quantitative estimate of drug-likeness (QED) is 0.818. The second-order valence-corrected chi connectivity index (χ2v) is 4.86. The van der Waals surface area contributed by atoms with E-state index in [1.165, 1.54) is 6.07 Å². The standard InChI is InChI=1S/C12H16F2O2S/c1-9(6-15)7-17-8-10-3-2-4-11(5-10)16-12(13)14/h2-5,9,12,15H,6-8H2,1H3. The van der Waals surface area contributed by atoms with Gasteiger partial charge in [0.15, 0.2) is 0 Å². The molecule has 0 spiro atoms. The van der Waals surface area contributed by atoms with Crippen LogP contribution in [0.3, 0.4) is 0 Å². The fourth-order valence-electron chi connectivity index (χ4n) is 1.24. The maximum Gasteiger partial charge on any atom is 0.387 e. The number of alkyl halides is 2. The zero-order valence-corrected chi connectivity index (χ0v) is 10.4. The van der Waals surface area contributed by atoms with E-state index in [0.29, 0.717) is 0 Å². The van der Waals surface area contributed by atoms with Crippen LogP contribution in [0.1, 0.15) is 12.5 Å². The molecular weight excluding hydrogens is 246 g/mol. The molecule has 1 aromatic rings. The summed E-state index contributed by atoms with van der Waals surface area (Å²) >= 11 is 1.66. The Bertz CT molecular complexity index is 334. The average Bonchev–Trinajstić information content (AvgIpc) is 2.28. The average molecular weight is 262 g/mol. The Hall–Kier alpha value is -0.810. The summed E-state index contributed by atoms with van der Waals surface area (Å²) in [5, 5.41) is 8.86. The molecule has 0 aliphatic heterocycles. The summed E-state index contributed by atoms with van der Waals surface area (Å²) in [5.74, 6) is 2.01. The predicted molar refractivity (Wildman–Crippen MR) is 65.5 cm³/mol. The fraction of sp³-hybridized carbons (Fsp3) is 0.500. The Morgan fingerprint density at radius 2 is 2.18 bits per heavy atom. The van der Waals surface area contributed by atoms with Crippen LogP contribution >= 0.6 is 11.8 Å². The second-order valence-electron chi connectivity index (χ2n) is 3.83. The smallest absolute Gasteiger partial charge is 0.387 e. The molecule has 0 heterocycles. The molecule has 1 unspecified atom stereocenters. The minimum absolute atomic E-state index is 0.168. The molecule has 0 aromatic heterocycles. The third-order valence-corrected chi connectivity index (χ3v) is 3.45. The van der Waals surface area contributed by atoms with Crippen molar-refractivity contribution in [2.24, 2.45) is 5.92 Å². The molecule has 2 nitrogen and oxygen atoms in total. The molecule has 0 aliphatic carbocycles. The second kappa shape index (κ2) is 7.50. The van der Waals surface area contributed by atoms with Crippen LogP contribution in [-0.4, -0.2) is 24.1 Å². The van der Waals surface area contributed by atoms with Gasteiger partial charge in [-0.1, -0.05) is 19.1 Å². The lowest BCUT2D eigenvalue weighted by Crippen LogP contribution is -2.04. The molecule has 1 aromatic carbocycles. The Labute approximate surface area is 104 Å². The monoisotopic (exact) mass is 262 g/mol. The van der Waals surface area contributed by atoms with Crippen molar-refractivity contribution in [2.45, 2.75) is 19.3 Å². The first-order chi connectivity index (χ1) is 8.11. The first-order valence-corrected chi connectivity index (χ1v) is 6.49. The van der Waals surface area contributed by atoms with Gasteiger partial charge in [-0.05, 0) is 29.4 Å². The number of thioether (sulfide) groups is 1. The number of halogens is 2. The first-order valence-electron chi connectivity index (χ1n) is 5.34. The zero-order chi connectivity index (χ0) is 12.7. The number of benzene rings is 1. The summed E-state index contributed by atoms with van der Waals surface area (Å²) in [5.41, 5.74) is 0.943. The van der Waals surface area contributed by atoms with Crippen LogP contribution in [0.5, 0.6) is 5.75 Å². The number of hydrogen-bond donors (Lipinski definition) is 1. The van der Waals surface area contributed by atoms with Crippen molar-refractivity contribution in [1.82, 2.24) is 0 Å². The van der Waals surface area contributed by atoms with Gasteiger partial charge in [0, 0.05) is 12.4 Å². The van der Waals surface area contributed by atoms with Crippen LogP contribution in [-0.2, 0) is 5.75 Å². The molecular formula is C12H16F2O2S. The van der Waals surface area contributed by atoms with Crippen LogP contribution in [0.25, 0.3) is 0 Å². The highest BCUT2D eigenvalue weighted by Crippen LogP contribution is 2.20. The molecule has 0 radical (unpaired) electrons. The van der Waals surface area contributed by atoms with Gasteiger partial charge in [0.05, 0.1) is 0 Å². The van der Waals surface area contributed by atoms with Crippen LogP contribution in [0.4, 0.5) is 8.78 Å². The summed E-state index contributed by atoms with van der Waals surface area (Å²) in [7, 11) is 0. The Morgan fingerprint density at radius 1 is 1.41 bits per heavy atom. The van der Waals surface area contributed by atoms with Gasteiger partial charge in [0.2, 0.25) is 0 Å². The van der Waals surface area contributed by atoms with E-state index in [9.17, 15) is 8.78 Å². The Balaban J connectivity index is 2.43. The van der Waals surface area contributed by atoms with Crippen molar-refractivity contribution in [2.75, 3.05) is 12.4 Å². The van der Waals surface area contributed by atoms with Gasteiger partial charge in [-0.2, -0.15) is 20.5 Å². The maximum absolute atomic E-state index is 12.0. The van der Waals surface area contributed by atoms with Gasteiger partial charge in [0.1, 0.15) is 5.75 Å². The van der Waals surface area contributed by atoms with E-state index in [-0.39, 0.29) is 18.3 Å². The lowest BCUT2D eigenvalue weighted by molar-refractivity contribution is -0.0498. The molecule has 17 heavy (non-hydrogen) atoms. The van der Waals surface area contributed by atoms with Gasteiger partial charge in [-0.15, -0.1) is 0 Å². The van der Waals surface area contributed by atoms with Gasteiger partial charge in [-0.25, -0.2) is 0 Å². The molecule has 96 valence electrons. The van der Waals surface area contributed by atoms with Crippen molar-refractivity contribution in [3.05, 3.63) is 29.8 Å². The topological polar surface area (TPSA) is 29.5 Å². The Kier molecular flexibility index (Phi) is 6.29. The SMILES string of the molecule is CC(CO)CSCc1cccc(OC(F)F)c1. The Morgan fingerprint density at radius 3 is 2.82 bits per heavy atom. The molecule has 0 saturated heterocycles. The number of aliphatic hydroxyl groups is 1. The molecule has 0 bridgehead atoms. The van der Waals surface area contributed by atoms with Gasteiger partial charge >= 0.3 is 6.61 Å². The zero-order valence-electron chi connectivity index (χ0n) is 9.61. The van der Waals surface area contributed by atoms with Crippen molar-refractivity contribution in [1.29, 1.82) is 0 Å². The lowest BCUT2D eigenvalue weighted by atomic mass is 10.2. The molecule has 0 amide bonds. The van der Waals surface area contributed by atoms with Gasteiger partial charge in [0.25, 0.3) is 0 Å². The summed E-state index contributed by atoms with van der Waals surface area (Å²) < 4.78 is 28.3. The van der Waals surface area contributed by atoms with E-state index in [2.05, 4.69) is 4.74 Å². The van der Waals surface area contributed by atoms with Gasteiger partial charge < -0.3 is 9.84 Å². The first kappa shape index (κ1) is 14.3. The lowest BCUT2D eigenvalue weighted by Gasteiger charge is -2.08. The molecule has 1 atom stereocenters. The van der Waals surface area contributed by atoms with Gasteiger partial charge in [-0.3, -0.25) is 0 Å². The van der Waals surface area contributed by atoms with E-state index in [0.717, 1.165) is 17.1 Å².